The Morgan fingerprint density at radius 2 is 2.18 bits per heavy atom. The summed E-state index contributed by atoms with van der Waals surface area (Å²) in [4.78, 5) is 22.3. The molecule has 3 aromatic heterocycles. The fourth-order valence-corrected chi connectivity index (χ4v) is 2.95. The first-order valence-electron chi connectivity index (χ1n) is 10.5. The second kappa shape index (κ2) is 7.27. The molecule has 1 aliphatic rings. The third-order valence-electron chi connectivity index (χ3n) is 4.73. The zero-order valence-electron chi connectivity index (χ0n) is 18.5. The Balaban J connectivity index is 1.73. The van der Waals surface area contributed by atoms with Crippen LogP contribution in [-0.4, -0.2) is 37.8 Å². The molecule has 4 rings (SSSR count). The van der Waals surface area contributed by atoms with Gasteiger partial charge in [-0.25, -0.2) is 9.97 Å². The highest BCUT2D eigenvalue weighted by Gasteiger charge is 2.39. The van der Waals surface area contributed by atoms with Crippen molar-refractivity contribution in [1.29, 1.82) is 0 Å². The highest BCUT2D eigenvalue weighted by atomic mass is 16.2. The van der Waals surface area contributed by atoms with E-state index in [1.54, 1.807) is 12.3 Å². The summed E-state index contributed by atoms with van der Waals surface area (Å²) in [7, 11) is 0. The lowest BCUT2D eigenvalue weighted by Gasteiger charge is -2.09. The molecule has 0 radical (unpaired) electrons. The molecular weight excluding hydrogens is 354 g/mol. The minimum Gasteiger partial charge on any atom is -0.373 e. The lowest BCUT2D eigenvalue weighted by atomic mass is 10.1. The molecule has 0 saturated heterocycles. The number of fused-ring (bicyclic) bond motifs is 1. The first-order valence-corrected chi connectivity index (χ1v) is 9.03. The molecule has 0 spiro atoms. The van der Waals surface area contributed by atoms with Crippen molar-refractivity contribution in [2.24, 2.45) is 11.8 Å². The summed E-state index contributed by atoms with van der Waals surface area (Å²) in [6, 6.07) is 1.68. The van der Waals surface area contributed by atoms with Gasteiger partial charge in [0.25, 0.3) is 0 Å². The van der Waals surface area contributed by atoms with Crippen LogP contribution < -0.4 is 10.6 Å². The molecule has 8 heteroatoms. The second-order valence-electron chi connectivity index (χ2n) is 6.74. The van der Waals surface area contributed by atoms with Crippen LogP contribution >= 0.6 is 0 Å². The van der Waals surface area contributed by atoms with E-state index in [1.165, 1.54) is 17.2 Å². The van der Waals surface area contributed by atoms with E-state index in [1.807, 2.05) is 13.8 Å². The van der Waals surface area contributed by atoms with E-state index in [2.05, 4.69) is 42.6 Å². The van der Waals surface area contributed by atoms with Gasteiger partial charge in [0, 0.05) is 40.2 Å². The monoisotopic (exact) mass is 378 g/mol. The van der Waals surface area contributed by atoms with Crippen molar-refractivity contribution in [3.63, 3.8) is 0 Å². The maximum atomic E-state index is 12.3. The fourth-order valence-electron chi connectivity index (χ4n) is 2.95. The summed E-state index contributed by atoms with van der Waals surface area (Å²) in [6.07, 6.45) is 5.41. The SMILES string of the molecule is [2H]C([2H])([2H])Nc1ncc(C#Cc2cnn(CC)n2)c2cc(NC(=O)[C@H]3C[C@H]3C)ncc12. The first-order chi connectivity index (χ1) is 14.7. The minimum absolute atomic E-state index is 0.00293. The van der Waals surface area contributed by atoms with Crippen molar-refractivity contribution >= 4 is 28.3 Å². The number of aryl methyl sites for hydroxylation is 1. The summed E-state index contributed by atoms with van der Waals surface area (Å²) in [5, 5.41) is 14.7. The predicted octanol–water partition coefficient (Wildman–Crippen LogP) is 2.28. The number of rotatable bonds is 4. The van der Waals surface area contributed by atoms with Crippen molar-refractivity contribution in [3.05, 3.63) is 35.9 Å². The van der Waals surface area contributed by atoms with E-state index in [0.717, 1.165) is 6.42 Å². The van der Waals surface area contributed by atoms with Crippen molar-refractivity contribution < 1.29 is 8.91 Å². The van der Waals surface area contributed by atoms with Crippen molar-refractivity contribution in [1.82, 2.24) is 25.0 Å². The molecule has 1 fully saturated rings. The van der Waals surface area contributed by atoms with Crippen LogP contribution in [0.5, 0.6) is 0 Å². The highest BCUT2D eigenvalue weighted by molar-refractivity contribution is 5.99. The molecule has 1 aliphatic carbocycles. The van der Waals surface area contributed by atoms with Gasteiger partial charge in [-0.05, 0) is 31.2 Å². The van der Waals surface area contributed by atoms with Crippen LogP contribution in [0.15, 0.2) is 24.7 Å². The molecule has 2 atom stereocenters. The number of carbonyl (C=O) groups excluding carboxylic acids is 1. The van der Waals surface area contributed by atoms with Gasteiger partial charge in [-0.15, -0.1) is 5.10 Å². The Bertz CT molecular complexity index is 1210. The third kappa shape index (κ3) is 3.51. The van der Waals surface area contributed by atoms with E-state index in [4.69, 9.17) is 4.11 Å². The molecule has 0 aromatic carbocycles. The maximum Gasteiger partial charge on any atom is 0.228 e. The van der Waals surface area contributed by atoms with E-state index >= 15 is 0 Å². The van der Waals surface area contributed by atoms with E-state index in [9.17, 15) is 4.79 Å². The van der Waals surface area contributed by atoms with E-state index < -0.39 is 6.98 Å². The van der Waals surface area contributed by atoms with Crippen molar-refractivity contribution in [2.75, 3.05) is 17.6 Å². The Morgan fingerprint density at radius 3 is 2.89 bits per heavy atom. The Labute approximate surface area is 167 Å². The first kappa shape index (κ1) is 14.6. The molecule has 3 heterocycles. The molecule has 0 unspecified atom stereocenters. The number of nitrogens with one attached hydrogen (secondary N) is 2. The van der Waals surface area contributed by atoms with Gasteiger partial charge in [0.1, 0.15) is 11.6 Å². The van der Waals surface area contributed by atoms with E-state index in [0.29, 0.717) is 40.3 Å². The summed E-state index contributed by atoms with van der Waals surface area (Å²) in [6.45, 7) is 2.17. The number of carbonyl (C=O) groups is 1. The summed E-state index contributed by atoms with van der Waals surface area (Å²) >= 11 is 0. The number of anilines is 2. The van der Waals surface area contributed by atoms with Crippen LogP contribution in [0, 0.1) is 23.7 Å². The predicted molar refractivity (Wildman–Crippen MR) is 107 cm³/mol. The van der Waals surface area contributed by atoms with Crippen LogP contribution in [0.25, 0.3) is 10.8 Å². The summed E-state index contributed by atoms with van der Waals surface area (Å²) < 4.78 is 22.4. The smallest absolute Gasteiger partial charge is 0.228 e. The second-order valence-corrected chi connectivity index (χ2v) is 6.74. The number of hydrogen-bond donors (Lipinski definition) is 2. The molecule has 1 saturated carbocycles. The zero-order valence-corrected chi connectivity index (χ0v) is 15.5. The van der Waals surface area contributed by atoms with Crippen LogP contribution in [-0.2, 0) is 11.3 Å². The van der Waals surface area contributed by atoms with Crippen LogP contribution in [0.2, 0.25) is 0 Å². The number of pyridine rings is 2. The normalized spacial score (nSPS) is 19.7. The zero-order chi connectivity index (χ0) is 22.2. The van der Waals surface area contributed by atoms with Crippen LogP contribution in [0.3, 0.4) is 0 Å². The Hall–Kier alpha value is -3.47. The number of amides is 1. The van der Waals surface area contributed by atoms with Gasteiger partial charge >= 0.3 is 0 Å². The van der Waals surface area contributed by atoms with E-state index in [-0.39, 0.29) is 17.6 Å². The average Bonchev–Trinajstić information content (AvgIpc) is 3.27. The maximum absolute atomic E-state index is 12.3. The number of nitrogens with zero attached hydrogens (tertiary/aromatic N) is 5. The highest BCUT2D eigenvalue weighted by Crippen LogP contribution is 2.38. The number of aromatic nitrogens is 5. The van der Waals surface area contributed by atoms with Gasteiger partial charge in [-0.2, -0.15) is 9.90 Å². The van der Waals surface area contributed by atoms with Gasteiger partial charge in [-0.3, -0.25) is 4.79 Å². The van der Waals surface area contributed by atoms with Crippen molar-refractivity contribution in [2.45, 2.75) is 26.8 Å². The summed E-state index contributed by atoms with van der Waals surface area (Å²) in [5.41, 5.74) is 1.06. The molecule has 142 valence electrons. The Morgan fingerprint density at radius 1 is 1.32 bits per heavy atom. The minimum atomic E-state index is -2.42. The lowest BCUT2D eigenvalue weighted by molar-refractivity contribution is -0.117. The summed E-state index contributed by atoms with van der Waals surface area (Å²) in [5.74, 6) is 6.81. The topological polar surface area (TPSA) is 97.6 Å². The standard InChI is InChI=1S/C20H21N7O/c1-4-27-24-10-14(26-27)6-5-13-9-23-19(21-3)17-11-22-18(8-16(13)17)25-20(28)15-7-12(15)2/h8-12,15H,4,7H2,1-3H3,(H,21,23)(H,22,25,28)/t12-,15+/m1/s1/i3D3. The van der Waals surface area contributed by atoms with Crippen LogP contribution in [0.4, 0.5) is 11.6 Å². The van der Waals surface area contributed by atoms with Gasteiger partial charge in [0.05, 0.1) is 18.3 Å². The molecule has 0 aliphatic heterocycles. The van der Waals surface area contributed by atoms with Crippen LogP contribution in [0.1, 0.15) is 35.6 Å². The number of hydrogen-bond acceptors (Lipinski definition) is 6. The van der Waals surface area contributed by atoms with Gasteiger partial charge in [0.15, 0.2) is 5.69 Å². The van der Waals surface area contributed by atoms with Gasteiger partial charge < -0.3 is 10.6 Å². The molecule has 0 bridgehead atoms. The quantitative estimate of drug-likeness (QED) is 0.676. The average molecular weight is 378 g/mol. The largest absolute Gasteiger partial charge is 0.373 e. The molecule has 28 heavy (non-hydrogen) atoms. The molecule has 3 aromatic rings. The fraction of sp³-hybridized carbons (Fsp3) is 0.350. The molecular formula is C20H21N7O. The molecule has 2 N–H and O–H groups in total. The Kier molecular flexibility index (Phi) is 3.78. The van der Waals surface area contributed by atoms with Crippen molar-refractivity contribution in [3.8, 4) is 11.8 Å². The molecule has 1 amide bonds. The lowest BCUT2D eigenvalue weighted by Crippen LogP contribution is -2.15. The van der Waals surface area contributed by atoms with Gasteiger partial charge in [0.2, 0.25) is 5.91 Å². The third-order valence-corrected chi connectivity index (χ3v) is 4.73. The van der Waals surface area contributed by atoms with Gasteiger partial charge in [-0.1, -0.05) is 12.8 Å². The molecule has 8 nitrogen and oxygen atoms in total.